The van der Waals surface area contributed by atoms with Crippen LogP contribution < -0.4 is 10.2 Å². The molecule has 2 unspecified atom stereocenters. The van der Waals surface area contributed by atoms with Gasteiger partial charge in [-0.1, -0.05) is 6.07 Å². The third-order valence-electron chi connectivity index (χ3n) is 5.50. The first kappa shape index (κ1) is 24.5. The number of aromatic nitrogens is 4. The van der Waals surface area contributed by atoms with Crippen LogP contribution in [-0.2, 0) is 6.54 Å². The van der Waals surface area contributed by atoms with Crippen LogP contribution in [0.2, 0.25) is 10.2 Å². The summed E-state index contributed by atoms with van der Waals surface area (Å²) in [5.41, 5.74) is 3.91. The maximum absolute atomic E-state index is 13.6. The summed E-state index contributed by atoms with van der Waals surface area (Å²) in [6.07, 6.45) is 1.06. The van der Waals surface area contributed by atoms with Crippen molar-refractivity contribution in [3.63, 3.8) is 0 Å². The molecule has 0 spiro atoms. The van der Waals surface area contributed by atoms with E-state index in [4.69, 9.17) is 11.6 Å². The van der Waals surface area contributed by atoms with Crippen molar-refractivity contribution in [2.45, 2.75) is 38.1 Å². The van der Waals surface area contributed by atoms with Crippen molar-refractivity contribution in [3.8, 4) is 22.4 Å². The molecular formula is C25H26AsClN4O3. The molecule has 176 valence electrons. The topological polar surface area (TPSA) is 101 Å². The molecule has 0 saturated carbocycles. The fourth-order valence-electron chi connectivity index (χ4n) is 3.77. The number of pyridine rings is 2. The van der Waals surface area contributed by atoms with Gasteiger partial charge in [0.15, 0.2) is 0 Å². The Kier molecular flexibility index (Phi) is 7.79. The van der Waals surface area contributed by atoms with E-state index in [1.54, 1.807) is 16.8 Å². The molecule has 0 radical (unpaired) electrons. The van der Waals surface area contributed by atoms with E-state index >= 15 is 0 Å². The summed E-state index contributed by atoms with van der Waals surface area (Å²) < 4.78 is 2.34. The molecule has 4 rings (SSSR count). The van der Waals surface area contributed by atoms with Gasteiger partial charge >= 0.3 is 185 Å². The Bertz CT molecular complexity index is 1390. The van der Waals surface area contributed by atoms with Gasteiger partial charge in [-0.3, -0.25) is 0 Å². The van der Waals surface area contributed by atoms with Gasteiger partial charge in [0, 0.05) is 5.69 Å². The van der Waals surface area contributed by atoms with E-state index in [0.29, 0.717) is 21.8 Å². The molecule has 1 aromatic carbocycles. The molecule has 0 bridgehead atoms. The second kappa shape index (κ2) is 10.8. The van der Waals surface area contributed by atoms with Gasteiger partial charge in [-0.15, -0.1) is 0 Å². The van der Waals surface area contributed by atoms with Gasteiger partial charge in [-0.25, -0.2) is 0 Å². The van der Waals surface area contributed by atoms with E-state index in [1.807, 2.05) is 43.3 Å². The maximum atomic E-state index is 13.6. The normalized spacial score (nSPS) is 12.6. The molecule has 2 N–H and O–H groups in total. The predicted molar refractivity (Wildman–Crippen MR) is 137 cm³/mol. The van der Waals surface area contributed by atoms with Crippen molar-refractivity contribution in [1.29, 1.82) is 0 Å². The number of aliphatic hydroxyl groups is 2. The van der Waals surface area contributed by atoms with Gasteiger partial charge in [-0.2, -0.15) is 0 Å². The number of benzene rings is 1. The molecule has 3 aromatic heterocycles. The zero-order valence-corrected chi connectivity index (χ0v) is 21.8. The van der Waals surface area contributed by atoms with Gasteiger partial charge in [0.05, 0.1) is 0 Å². The molecule has 2 atom stereocenters. The summed E-state index contributed by atoms with van der Waals surface area (Å²) in [7, 11) is 0. The van der Waals surface area contributed by atoms with E-state index in [9.17, 15) is 15.0 Å². The second-order valence-corrected chi connectivity index (χ2v) is 11.6. The van der Waals surface area contributed by atoms with Gasteiger partial charge in [-0.05, 0) is 13.0 Å². The molecule has 7 nitrogen and oxygen atoms in total. The van der Waals surface area contributed by atoms with E-state index in [1.165, 1.54) is 0 Å². The van der Waals surface area contributed by atoms with E-state index in [-0.39, 0.29) is 25.1 Å². The fourth-order valence-corrected chi connectivity index (χ4v) is 5.43. The van der Waals surface area contributed by atoms with Crippen molar-refractivity contribution in [2.75, 3.05) is 6.61 Å². The van der Waals surface area contributed by atoms with Gasteiger partial charge in [0.2, 0.25) is 0 Å². The number of hydrogen-bond donors (Lipinski definition) is 2. The minimum absolute atomic E-state index is 0.219. The van der Waals surface area contributed by atoms with E-state index < -0.39 is 21.9 Å². The molecule has 4 aromatic rings. The summed E-state index contributed by atoms with van der Waals surface area (Å²) in [4.78, 5) is 27.3. The number of aryl methyl sites for hydroxylation is 2. The van der Waals surface area contributed by atoms with Crippen LogP contribution in [0.4, 0.5) is 0 Å². The Hall–Kier alpha value is -2.57. The Morgan fingerprint density at radius 1 is 1.15 bits per heavy atom. The molecule has 0 aliphatic heterocycles. The van der Waals surface area contributed by atoms with Gasteiger partial charge in [0.1, 0.15) is 0 Å². The average molecular weight is 541 g/mol. The fraction of sp³-hybridized carbons (Fsp3) is 0.280. The van der Waals surface area contributed by atoms with Crippen LogP contribution in [0.15, 0.2) is 53.5 Å². The minimum atomic E-state index is -0.916. The summed E-state index contributed by atoms with van der Waals surface area (Å²) in [5, 5.41) is 21.3. The van der Waals surface area contributed by atoms with Crippen molar-refractivity contribution in [3.05, 3.63) is 69.7 Å². The quantitative estimate of drug-likeness (QED) is 0.333. The van der Waals surface area contributed by atoms with Crippen molar-refractivity contribution in [2.24, 2.45) is 0 Å². The number of hydrogen-bond acceptors (Lipinski definition) is 6. The summed E-state index contributed by atoms with van der Waals surface area (Å²) in [6, 6.07) is 13.1. The van der Waals surface area contributed by atoms with Crippen LogP contribution in [0.3, 0.4) is 0 Å². The summed E-state index contributed by atoms with van der Waals surface area (Å²) >= 11 is 6.20. The number of fused-ring (bicyclic) bond motifs is 1. The van der Waals surface area contributed by atoms with Crippen LogP contribution in [0.5, 0.6) is 0 Å². The Labute approximate surface area is 209 Å². The first-order valence-corrected chi connectivity index (χ1v) is 14.0. The number of nitrogens with zero attached hydrogens (tertiary/aromatic N) is 4. The van der Waals surface area contributed by atoms with Crippen LogP contribution in [0, 0.1) is 6.92 Å². The van der Waals surface area contributed by atoms with E-state index in [0.717, 1.165) is 32.2 Å². The second-order valence-electron chi connectivity index (χ2n) is 8.00. The Morgan fingerprint density at radius 3 is 2.68 bits per heavy atom. The van der Waals surface area contributed by atoms with Gasteiger partial charge < -0.3 is 0 Å². The number of rotatable bonds is 8. The molecule has 0 saturated heterocycles. The molecule has 0 aliphatic rings. The zero-order chi connectivity index (χ0) is 24.2. The van der Waals surface area contributed by atoms with Crippen LogP contribution in [0.25, 0.3) is 33.4 Å². The average Bonchev–Trinajstić information content (AvgIpc) is 2.83. The molecule has 9 heteroatoms. The molecule has 0 fully saturated rings. The standard InChI is InChI=1S/C25H26AsClN4O3/c1-3-26-25-28-13-17-11-20(24(34)31(23(17)30-25)10-9-18(33)14-32)19-8-7-16(12-21(19)27)22-6-4-5-15(2)29-22/h4-8,11-13,18,26,32-33H,3,9-10,14H2,1-2H3. The molecular weight excluding hydrogens is 515 g/mol. The third kappa shape index (κ3) is 5.23. The number of aliphatic hydroxyl groups excluding tert-OH is 2. The monoisotopic (exact) mass is 540 g/mol. The van der Waals surface area contributed by atoms with Crippen LogP contribution in [0.1, 0.15) is 19.0 Å². The molecule has 0 aliphatic carbocycles. The molecule has 0 amide bonds. The summed E-state index contributed by atoms with van der Waals surface area (Å²) in [6.45, 7) is 3.88. The Balaban J connectivity index is 1.84. The van der Waals surface area contributed by atoms with Gasteiger partial charge in [0.25, 0.3) is 0 Å². The third-order valence-corrected chi connectivity index (χ3v) is 7.73. The van der Waals surface area contributed by atoms with Crippen LogP contribution in [-0.4, -0.2) is 58.2 Å². The van der Waals surface area contributed by atoms with Crippen molar-refractivity contribution in [1.82, 2.24) is 19.5 Å². The van der Waals surface area contributed by atoms with Crippen molar-refractivity contribution < 1.29 is 10.2 Å². The zero-order valence-electron chi connectivity index (χ0n) is 19.0. The summed E-state index contributed by atoms with van der Waals surface area (Å²) in [5.74, 6) is 0. The molecule has 3 heterocycles. The van der Waals surface area contributed by atoms with Crippen molar-refractivity contribution >= 4 is 43.0 Å². The molecule has 34 heavy (non-hydrogen) atoms. The number of halogens is 1. The first-order valence-electron chi connectivity index (χ1n) is 11.1. The SMILES string of the molecule is CC[AsH]c1ncc2cc(-c3ccc(-c4cccc(C)n4)cc3Cl)c(=O)n(CCC(O)CO)c2n1. The van der Waals surface area contributed by atoms with Crippen LogP contribution >= 0.6 is 11.6 Å². The van der Waals surface area contributed by atoms with E-state index in [2.05, 4.69) is 21.9 Å². The predicted octanol–water partition coefficient (Wildman–Crippen LogP) is 2.73. The Morgan fingerprint density at radius 2 is 1.97 bits per heavy atom. The first-order chi connectivity index (χ1) is 16.4.